The number of amides is 1. The molecule has 5 nitrogen and oxygen atoms in total. The molecule has 98 valence electrons. The minimum Gasteiger partial charge on any atom is -0.467 e. The zero-order chi connectivity index (χ0) is 13.9. The Morgan fingerprint density at radius 1 is 1.33 bits per heavy atom. The Morgan fingerprint density at radius 2 is 1.89 bits per heavy atom. The van der Waals surface area contributed by atoms with Crippen LogP contribution in [0.25, 0.3) is 0 Å². The van der Waals surface area contributed by atoms with E-state index in [-0.39, 0.29) is 11.3 Å². The summed E-state index contributed by atoms with van der Waals surface area (Å²) in [6, 6.07) is 0.451. The number of esters is 1. The summed E-state index contributed by atoms with van der Waals surface area (Å²) in [6.07, 6.45) is 0. The SMILES string of the molecule is COC(=O)C(C)NC(=O)c1cc(F)c(F)cc1N. The Balaban J connectivity index is 2.91. The molecule has 1 amide bonds. The lowest BCUT2D eigenvalue weighted by Gasteiger charge is -2.12. The molecule has 0 saturated carbocycles. The highest BCUT2D eigenvalue weighted by molar-refractivity contribution is 6.00. The molecule has 7 heteroatoms. The minimum absolute atomic E-state index is 0.219. The number of halogens is 2. The molecule has 0 aromatic heterocycles. The van der Waals surface area contributed by atoms with Crippen LogP contribution in [0.3, 0.4) is 0 Å². The second kappa shape index (κ2) is 5.44. The number of hydrogen-bond acceptors (Lipinski definition) is 4. The van der Waals surface area contributed by atoms with Gasteiger partial charge in [-0.3, -0.25) is 4.79 Å². The van der Waals surface area contributed by atoms with Gasteiger partial charge in [-0.2, -0.15) is 0 Å². The molecule has 0 spiro atoms. The lowest BCUT2D eigenvalue weighted by Crippen LogP contribution is -2.39. The number of rotatable bonds is 3. The quantitative estimate of drug-likeness (QED) is 0.621. The zero-order valence-electron chi connectivity index (χ0n) is 9.79. The number of carbonyl (C=O) groups excluding carboxylic acids is 2. The molecule has 1 unspecified atom stereocenters. The Morgan fingerprint density at radius 3 is 2.44 bits per heavy atom. The molecule has 1 aromatic rings. The van der Waals surface area contributed by atoms with Crippen molar-refractivity contribution in [2.24, 2.45) is 0 Å². The van der Waals surface area contributed by atoms with Crippen molar-refractivity contribution < 1.29 is 23.1 Å². The van der Waals surface area contributed by atoms with Crippen molar-refractivity contribution in [3.05, 3.63) is 29.3 Å². The van der Waals surface area contributed by atoms with Crippen LogP contribution in [0.4, 0.5) is 14.5 Å². The number of methoxy groups -OCH3 is 1. The third-order valence-corrected chi connectivity index (χ3v) is 2.24. The van der Waals surface area contributed by atoms with E-state index in [0.717, 1.165) is 7.11 Å². The largest absolute Gasteiger partial charge is 0.467 e. The van der Waals surface area contributed by atoms with E-state index in [1.807, 2.05) is 0 Å². The number of benzene rings is 1. The number of nitrogen functional groups attached to an aromatic ring is 1. The Kier molecular flexibility index (Phi) is 4.19. The van der Waals surface area contributed by atoms with Gasteiger partial charge in [0.05, 0.1) is 12.7 Å². The molecule has 0 heterocycles. The van der Waals surface area contributed by atoms with Crippen LogP contribution in [0.5, 0.6) is 0 Å². The fourth-order valence-corrected chi connectivity index (χ4v) is 1.27. The first-order valence-electron chi connectivity index (χ1n) is 5.00. The Labute approximate surface area is 102 Å². The summed E-state index contributed by atoms with van der Waals surface area (Å²) in [7, 11) is 1.16. The summed E-state index contributed by atoms with van der Waals surface area (Å²) in [5.74, 6) is -3.79. The number of nitrogens with two attached hydrogens (primary N) is 1. The van der Waals surface area contributed by atoms with Gasteiger partial charge >= 0.3 is 5.97 Å². The molecular weight excluding hydrogens is 246 g/mol. The minimum atomic E-state index is -1.19. The van der Waals surface area contributed by atoms with Crippen LogP contribution in [-0.4, -0.2) is 25.0 Å². The van der Waals surface area contributed by atoms with E-state index < -0.39 is 29.6 Å². The van der Waals surface area contributed by atoms with E-state index in [1.54, 1.807) is 0 Å². The molecule has 0 radical (unpaired) electrons. The zero-order valence-corrected chi connectivity index (χ0v) is 9.79. The summed E-state index contributed by atoms with van der Waals surface area (Å²) < 4.78 is 30.2. The van der Waals surface area contributed by atoms with Gasteiger partial charge in [0.1, 0.15) is 6.04 Å². The Bertz CT molecular complexity index is 491. The van der Waals surface area contributed by atoms with E-state index >= 15 is 0 Å². The molecule has 0 saturated heterocycles. The van der Waals surface area contributed by atoms with Gasteiger partial charge in [-0.25, -0.2) is 13.6 Å². The van der Waals surface area contributed by atoms with Crippen LogP contribution in [0.2, 0.25) is 0 Å². The summed E-state index contributed by atoms with van der Waals surface area (Å²) >= 11 is 0. The number of carbonyl (C=O) groups is 2. The molecule has 18 heavy (non-hydrogen) atoms. The van der Waals surface area contributed by atoms with Gasteiger partial charge in [-0.1, -0.05) is 0 Å². The summed E-state index contributed by atoms with van der Waals surface area (Å²) in [5, 5.41) is 2.25. The van der Waals surface area contributed by atoms with Crippen molar-refractivity contribution in [1.82, 2.24) is 5.32 Å². The number of hydrogen-bond donors (Lipinski definition) is 2. The first-order chi connectivity index (χ1) is 8.36. The van der Waals surface area contributed by atoms with Crippen LogP contribution in [0, 0.1) is 11.6 Å². The third-order valence-electron chi connectivity index (χ3n) is 2.24. The highest BCUT2D eigenvalue weighted by Crippen LogP contribution is 2.17. The smallest absolute Gasteiger partial charge is 0.328 e. The number of ether oxygens (including phenoxy) is 1. The molecule has 0 fully saturated rings. The fourth-order valence-electron chi connectivity index (χ4n) is 1.27. The maximum absolute atomic E-state index is 13.0. The third kappa shape index (κ3) is 2.93. The average Bonchev–Trinajstić information content (AvgIpc) is 2.32. The molecule has 0 aliphatic heterocycles. The van der Waals surface area contributed by atoms with Crippen molar-refractivity contribution in [3.63, 3.8) is 0 Å². The molecular formula is C11H12F2N2O3. The van der Waals surface area contributed by atoms with Crippen molar-refractivity contribution in [3.8, 4) is 0 Å². The van der Waals surface area contributed by atoms with Gasteiger partial charge in [-0.15, -0.1) is 0 Å². The van der Waals surface area contributed by atoms with E-state index in [9.17, 15) is 18.4 Å². The van der Waals surface area contributed by atoms with E-state index in [4.69, 9.17) is 5.73 Å². The van der Waals surface area contributed by atoms with E-state index in [0.29, 0.717) is 12.1 Å². The maximum Gasteiger partial charge on any atom is 0.328 e. The predicted molar refractivity (Wildman–Crippen MR) is 59.7 cm³/mol. The second-order valence-corrected chi connectivity index (χ2v) is 3.57. The van der Waals surface area contributed by atoms with Gasteiger partial charge in [0.25, 0.3) is 5.91 Å². The lowest BCUT2D eigenvalue weighted by atomic mass is 10.1. The summed E-state index contributed by atoms with van der Waals surface area (Å²) in [6.45, 7) is 1.39. The molecule has 1 rings (SSSR count). The van der Waals surface area contributed by atoms with Crippen molar-refractivity contribution in [2.45, 2.75) is 13.0 Å². The van der Waals surface area contributed by atoms with E-state index in [1.165, 1.54) is 6.92 Å². The van der Waals surface area contributed by atoms with Gasteiger partial charge in [0.2, 0.25) is 0 Å². The Hall–Kier alpha value is -2.18. The standard InChI is InChI=1S/C11H12F2N2O3/c1-5(11(17)18-2)15-10(16)6-3-7(12)8(13)4-9(6)14/h3-5H,14H2,1-2H3,(H,15,16). The predicted octanol–water partition coefficient (Wildman–Crippen LogP) is 0.838. The van der Waals surface area contributed by atoms with E-state index in [2.05, 4.69) is 10.1 Å². The van der Waals surface area contributed by atoms with Crippen molar-refractivity contribution in [1.29, 1.82) is 0 Å². The molecule has 3 N–H and O–H groups in total. The highest BCUT2D eigenvalue weighted by atomic mass is 19.2. The van der Waals surface area contributed by atoms with Gasteiger partial charge in [-0.05, 0) is 13.0 Å². The van der Waals surface area contributed by atoms with Crippen LogP contribution in [0.1, 0.15) is 17.3 Å². The first-order valence-corrected chi connectivity index (χ1v) is 5.00. The van der Waals surface area contributed by atoms with Crippen LogP contribution >= 0.6 is 0 Å². The monoisotopic (exact) mass is 258 g/mol. The van der Waals surface area contributed by atoms with Gasteiger partial charge < -0.3 is 15.8 Å². The molecule has 0 aliphatic rings. The normalized spacial score (nSPS) is 11.8. The topological polar surface area (TPSA) is 81.4 Å². The summed E-state index contributed by atoms with van der Waals surface area (Å²) in [5.41, 5.74) is 4.93. The molecule has 0 bridgehead atoms. The van der Waals surface area contributed by atoms with Gasteiger partial charge in [0.15, 0.2) is 11.6 Å². The lowest BCUT2D eigenvalue weighted by molar-refractivity contribution is -0.142. The molecule has 1 aromatic carbocycles. The summed E-state index contributed by atoms with van der Waals surface area (Å²) in [4.78, 5) is 22.8. The molecule has 0 aliphatic carbocycles. The van der Waals surface area contributed by atoms with Crippen molar-refractivity contribution in [2.75, 3.05) is 12.8 Å². The van der Waals surface area contributed by atoms with Gasteiger partial charge in [0, 0.05) is 11.8 Å². The number of nitrogens with one attached hydrogen (secondary N) is 1. The van der Waals surface area contributed by atoms with Crippen LogP contribution < -0.4 is 11.1 Å². The first kappa shape index (κ1) is 13.9. The molecule has 1 atom stereocenters. The number of anilines is 1. The fraction of sp³-hybridized carbons (Fsp3) is 0.273. The second-order valence-electron chi connectivity index (χ2n) is 3.57. The average molecular weight is 258 g/mol. The maximum atomic E-state index is 13.0. The van der Waals surface area contributed by atoms with Crippen LogP contribution in [0.15, 0.2) is 12.1 Å². The van der Waals surface area contributed by atoms with Crippen molar-refractivity contribution >= 4 is 17.6 Å². The highest BCUT2D eigenvalue weighted by Gasteiger charge is 2.19. The van der Waals surface area contributed by atoms with Crippen LogP contribution in [-0.2, 0) is 9.53 Å².